The maximum Gasteiger partial charge on any atom is 0.173 e. The molecule has 1 saturated heterocycles. The van der Waals surface area contributed by atoms with E-state index < -0.39 is 0 Å². The van der Waals surface area contributed by atoms with E-state index in [-0.39, 0.29) is 6.04 Å². The molecule has 0 amide bonds. The summed E-state index contributed by atoms with van der Waals surface area (Å²) in [7, 11) is 0. The quantitative estimate of drug-likeness (QED) is 0.388. The summed E-state index contributed by atoms with van der Waals surface area (Å²) in [5.41, 5.74) is 6.27. The van der Waals surface area contributed by atoms with Gasteiger partial charge in [0.2, 0.25) is 0 Å². The first kappa shape index (κ1) is 23.1. The molecule has 0 spiro atoms. The van der Waals surface area contributed by atoms with Crippen LogP contribution in [0.2, 0.25) is 0 Å². The highest BCUT2D eigenvalue weighted by molar-refractivity contribution is 5.79. The first-order valence-electron chi connectivity index (χ1n) is 13.4. The number of hydrogen-bond acceptors (Lipinski definition) is 6. The van der Waals surface area contributed by atoms with Crippen LogP contribution in [0.5, 0.6) is 0 Å². The first-order chi connectivity index (χ1) is 17.7. The molecule has 2 aromatic heterocycles. The lowest BCUT2D eigenvalue weighted by Gasteiger charge is -2.40. The molecule has 2 fully saturated rings. The Morgan fingerprint density at radius 3 is 2.56 bits per heavy atom. The van der Waals surface area contributed by atoms with Crippen molar-refractivity contribution in [3.05, 3.63) is 77.2 Å². The minimum absolute atomic E-state index is 0.0206. The maximum absolute atomic E-state index is 4.66. The van der Waals surface area contributed by atoms with Gasteiger partial charge in [-0.25, -0.2) is 4.68 Å². The average Bonchev–Trinajstić information content (AvgIpc) is 3.40. The molecule has 1 atom stereocenters. The summed E-state index contributed by atoms with van der Waals surface area (Å²) >= 11 is 0. The molecule has 186 valence electrons. The fourth-order valence-corrected chi connectivity index (χ4v) is 6.03. The highest BCUT2D eigenvalue weighted by atomic mass is 15.6. The smallest absolute Gasteiger partial charge is 0.173 e. The number of piperazine rings is 1. The van der Waals surface area contributed by atoms with Crippen molar-refractivity contribution >= 4 is 16.6 Å². The van der Waals surface area contributed by atoms with Crippen molar-refractivity contribution in [3.8, 4) is 0 Å². The van der Waals surface area contributed by atoms with Crippen molar-refractivity contribution in [2.24, 2.45) is 0 Å². The molecule has 0 N–H and O–H groups in total. The van der Waals surface area contributed by atoms with Crippen molar-refractivity contribution in [3.63, 3.8) is 0 Å². The molecule has 0 radical (unpaired) electrons. The zero-order valence-electron chi connectivity index (χ0n) is 21.3. The van der Waals surface area contributed by atoms with Gasteiger partial charge in [-0.2, -0.15) is 0 Å². The number of fused-ring (bicyclic) bond motifs is 1. The summed E-state index contributed by atoms with van der Waals surface area (Å²) in [5, 5.41) is 14.5. The predicted molar refractivity (Wildman–Crippen MR) is 143 cm³/mol. The molecule has 2 aliphatic rings. The Hall–Kier alpha value is -3.32. The average molecular weight is 482 g/mol. The maximum atomic E-state index is 4.66. The molecule has 2 aromatic carbocycles. The second-order valence-corrected chi connectivity index (χ2v) is 10.4. The second kappa shape index (κ2) is 9.97. The number of benzene rings is 2. The fourth-order valence-electron chi connectivity index (χ4n) is 6.03. The van der Waals surface area contributed by atoms with E-state index in [2.05, 4.69) is 91.3 Å². The monoisotopic (exact) mass is 481 g/mol. The molecule has 3 heterocycles. The van der Waals surface area contributed by atoms with Gasteiger partial charge in [-0.3, -0.25) is 9.88 Å². The van der Waals surface area contributed by atoms with Gasteiger partial charge >= 0.3 is 0 Å². The van der Waals surface area contributed by atoms with Crippen LogP contribution in [0.3, 0.4) is 0 Å². The van der Waals surface area contributed by atoms with Crippen molar-refractivity contribution in [1.29, 1.82) is 0 Å². The molecular formula is C29H35N7. The Bertz CT molecular complexity index is 1330. The first-order valence-corrected chi connectivity index (χ1v) is 13.4. The molecule has 4 aromatic rings. The zero-order valence-corrected chi connectivity index (χ0v) is 21.3. The second-order valence-electron chi connectivity index (χ2n) is 10.4. The van der Waals surface area contributed by atoms with Crippen molar-refractivity contribution < 1.29 is 0 Å². The topological polar surface area (TPSA) is 63.0 Å². The van der Waals surface area contributed by atoms with Crippen LogP contribution in [0, 0.1) is 13.8 Å². The summed E-state index contributed by atoms with van der Waals surface area (Å²) in [6.45, 7) is 8.28. The summed E-state index contributed by atoms with van der Waals surface area (Å²) < 4.78 is 2.15. The Morgan fingerprint density at radius 1 is 0.889 bits per heavy atom. The number of pyridine rings is 1. The highest BCUT2D eigenvalue weighted by Crippen LogP contribution is 2.35. The number of anilines is 1. The van der Waals surface area contributed by atoms with E-state index in [1.54, 1.807) is 0 Å². The van der Waals surface area contributed by atoms with Crippen molar-refractivity contribution in [1.82, 2.24) is 30.1 Å². The molecule has 6 rings (SSSR count). The Labute approximate surface area is 213 Å². The van der Waals surface area contributed by atoms with Gasteiger partial charge < -0.3 is 4.90 Å². The number of aryl methyl sites for hydroxylation is 2. The van der Waals surface area contributed by atoms with E-state index in [9.17, 15) is 0 Å². The Kier molecular flexibility index (Phi) is 6.40. The third-order valence-corrected chi connectivity index (χ3v) is 8.01. The van der Waals surface area contributed by atoms with Gasteiger partial charge in [0.15, 0.2) is 5.82 Å². The van der Waals surface area contributed by atoms with Crippen molar-refractivity contribution in [2.75, 3.05) is 31.1 Å². The SMILES string of the molecule is Cc1ccc(C)c(N2CCN([C@@H](c3ccc4ncccc4c3)c3nnnn3C3CCCCC3)CC2)c1. The van der Waals surface area contributed by atoms with Gasteiger partial charge in [0.05, 0.1) is 17.6 Å². The third kappa shape index (κ3) is 4.48. The number of tetrazole rings is 1. The Balaban J connectivity index is 1.34. The van der Waals surface area contributed by atoms with Crippen LogP contribution < -0.4 is 4.90 Å². The van der Waals surface area contributed by atoms with Crippen LogP contribution in [0.1, 0.15) is 66.7 Å². The Morgan fingerprint density at radius 2 is 1.72 bits per heavy atom. The van der Waals surface area contributed by atoms with Crippen LogP contribution in [0.4, 0.5) is 5.69 Å². The molecule has 36 heavy (non-hydrogen) atoms. The number of rotatable bonds is 5. The lowest BCUT2D eigenvalue weighted by Crippen LogP contribution is -2.48. The van der Waals surface area contributed by atoms with Gasteiger partial charge in [0, 0.05) is 43.4 Å². The van der Waals surface area contributed by atoms with E-state index in [1.807, 2.05) is 12.3 Å². The van der Waals surface area contributed by atoms with Crippen LogP contribution >= 0.6 is 0 Å². The minimum Gasteiger partial charge on any atom is -0.369 e. The van der Waals surface area contributed by atoms with Gasteiger partial charge in [-0.05, 0) is 78.1 Å². The van der Waals surface area contributed by atoms with Crippen LogP contribution in [0.25, 0.3) is 10.9 Å². The molecule has 1 saturated carbocycles. The molecule has 0 unspecified atom stereocenters. The van der Waals surface area contributed by atoms with Crippen LogP contribution in [0.15, 0.2) is 54.7 Å². The molecule has 1 aliphatic heterocycles. The lowest BCUT2D eigenvalue weighted by molar-refractivity contribution is 0.193. The minimum atomic E-state index is 0.0206. The molecule has 0 bridgehead atoms. The number of nitrogens with zero attached hydrogens (tertiary/aromatic N) is 7. The van der Waals surface area contributed by atoms with E-state index in [4.69, 9.17) is 0 Å². The number of hydrogen-bond donors (Lipinski definition) is 0. The van der Waals surface area contributed by atoms with Gasteiger partial charge in [-0.15, -0.1) is 5.10 Å². The molecular weight excluding hydrogens is 446 g/mol. The van der Waals surface area contributed by atoms with E-state index in [1.165, 1.54) is 41.6 Å². The van der Waals surface area contributed by atoms with Crippen LogP contribution in [-0.4, -0.2) is 56.3 Å². The normalized spacial score (nSPS) is 18.6. The van der Waals surface area contributed by atoms with E-state index >= 15 is 0 Å². The number of aromatic nitrogens is 5. The standard InChI is InChI=1S/C29H35N7/c1-21-10-11-22(2)27(19-21)34-15-17-35(18-16-34)28(24-12-13-26-23(20-24)7-6-14-30-26)29-31-32-33-36(29)25-8-4-3-5-9-25/h6-7,10-14,19-20,25,28H,3-5,8-9,15-18H2,1-2H3/t28-/m0/s1. The fraction of sp³-hybridized carbons (Fsp3) is 0.448. The summed E-state index contributed by atoms with van der Waals surface area (Å²) in [4.78, 5) is 9.65. The molecule has 1 aliphatic carbocycles. The third-order valence-electron chi connectivity index (χ3n) is 8.01. The highest BCUT2D eigenvalue weighted by Gasteiger charge is 2.33. The van der Waals surface area contributed by atoms with Gasteiger partial charge in [0.25, 0.3) is 0 Å². The molecule has 7 nitrogen and oxygen atoms in total. The van der Waals surface area contributed by atoms with Crippen molar-refractivity contribution in [2.45, 2.75) is 58.0 Å². The summed E-state index contributed by atoms with van der Waals surface area (Å²) in [5.74, 6) is 0.977. The van der Waals surface area contributed by atoms with Gasteiger partial charge in [0.1, 0.15) is 0 Å². The van der Waals surface area contributed by atoms with E-state index in [0.29, 0.717) is 6.04 Å². The summed E-state index contributed by atoms with van der Waals surface area (Å²) in [6, 6.07) is 18.0. The largest absolute Gasteiger partial charge is 0.369 e. The van der Waals surface area contributed by atoms with E-state index in [0.717, 1.165) is 55.7 Å². The van der Waals surface area contributed by atoms with Gasteiger partial charge in [-0.1, -0.05) is 43.5 Å². The lowest BCUT2D eigenvalue weighted by atomic mass is 9.94. The van der Waals surface area contributed by atoms with Crippen LogP contribution in [-0.2, 0) is 0 Å². The zero-order chi connectivity index (χ0) is 24.5. The predicted octanol–water partition coefficient (Wildman–Crippen LogP) is 5.25. The molecule has 7 heteroatoms. The summed E-state index contributed by atoms with van der Waals surface area (Å²) in [6.07, 6.45) is 8.00.